The van der Waals surface area contributed by atoms with E-state index >= 15 is 0 Å². The topological polar surface area (TPSA) is 98.3 Å². The minimum atomic E-state index is -2.43. The van der Waals surface area contributed by atoms with E-state index in [1.165, 1.54) is 6.92 Å². The SMILES string of the molecule is CC(=O)CC(=O)Nc1cccc2c(NS(=O)[O-])cccc12. The second-order valence-electron chi connectivity index (χ2n) is 4.47. The highest BCUT2D eigenvalue weighted by Gasteiger charge is 2.09. The molecule has 2 aromatic rings. The lowest BCUT2D eigenvalue weighted by Gasteiger charge is -2.14. The number of carbonyl (C=O) groups excluding carboxylic acids is 2. The van der Waals surface area contributed by atoms with Crippen LogP contribution < -0.4 is 10.0 Å². The predicted molar refractivity (Wildman–Crippen MR) is 80.4 cm³/mol. The van der Waals surface area contributed by atoms with Crippen molar-refractivity contribution in [2.24, 2.45) is 0 Å². The molecule has 0 bridgehead atoms. The number of anilines is 2. The number of ketones is 1. The Morgan fingerprint density at radius 3 is 2.24 bits per heavy atom. The van der Waals surface area contributed by atoms with Gasteiger partial charge in [-0.3, -0.25) is 13.8 Å². The zero-order valence-electron chi connectivity index (χ0n) is 11.2. The summed E-state index contributed by atoms with van der Waals surface area (Å²) in [6.07, 6.45) is -0.196. The third-order valence-corrected chi connectivity index (χ3v) is 3.19. The Morgan fingerprint density at radius 2 is 1.67 bits per heavy atom. The summed E-state index contributed by atoms with van der Waals surface area (Å²) in [6.45, 7) is 1.34. The molecule has 0 aliphatic rings. The van der Waals surface area contributed by atoms with Crippen molar-refractivity contribution in [1.29, 1.82) is 0 Å². The van der Waals surface area contributed by atoms with Gasteiger partial charge in [0.2, 0.25) is 5.91 Å². The molecular weight excluding hydrogens is 292 g/mol. The number of hydrogen-bond donors (Lipinski definition) is 2. The minimum Gasteiger partial charge on any atom is -0.755 e. The van der Waals surface area contributed by atoms with Crippen LogP contribution in [0.15, 0.2) is 36.4 Å². The van der Waals surface area contributed by atoms with Crippen molar-refractivity contribution in [3.8, 4) is 0 Å². The van der Waals surface area contributed by atoms with Crippen LogP contribution in [0.3, 0.4) is 0 Å². The molecule has 1 atom stereocenters. The van der Waals surface area contributed by atoms with Crippen LogP contribution in [0.2, 0.25) is 0 Å². The third-order valence-electron chi connectivity index (χ3n) is 2.80. The van der Waals surface area contributed by atoms with Gasteiger partial charge in [0.15, 0.2) is 0 Å². The molecule has 1 unspecified atom stereocenters. The van der Waals surface area contributed by atoms with E-state index in [0.717, 1.165) is 0 Å². The van der Waals surface area contributed by atoms with Crippen molar-refractivity contribution < 1.29 is 18.4 Å². The van der Waals surface area contributed by atoms with Gasteiger partial charge in [0, 0.05) is 27.7 Å². The monoisotopic (exact) mass is 305 g/mol. The molecule has 1 amide bonds. The highest BCUT2D eigenvalue weighted by Crippen LogP contribution is 2.29. The number of Topliss-reactive ketones (excluding diaryl/α,β-unsaturated/α-hetero) is 1. The lowest BCUT2D eigenvalue weighted by molar-refractivity contribution is -0.124. The number of rotatable bonds is 5. The molecule has 0 aliphatic carbocycles. The second kappa shape index (κ2) is 6.47. The molecule has 0 aliphatic heterocycles. The number of amides is 1. The van der Waals surface area contributed by atoms with Crippen molar-refractivity contribution in [3.05, 3.63) is 36.4 Å². The summed E-state index contributed by atoms with van der Waals surface area (Å²) >= 11 is -2.43. The molecule has 0 radical (unpaired) electrons. The molecule has 2 rings (SSSR count). The first-order valence-corrected chi connectivity index (χ1v) is 7.22. The van der Waals surface area contributed by atoms with Crippen LogP contribution in [0.1, 0.15) is 13.3 Å². The zero-order chi connectivity index (χ0) is 15.4. The number of hydrogen-bond acceptors (Lipinski definition) is 4. The van der Waals surface area contributed by atoms with Crippen molar-refractivity contribution >= 4 is 45.1 Å². The van der Waals surface area contributed by atoms with Crippen LogP contribution in [0.4, 0.5) is 11.4 Å². The van der Waals surface area contributed by atoms with Crippen molar-refractivity contribution in [1.82, 2.24) is 0 Å². The van der Waals surface area contributed by atoms with E-state index in [1.807, 2.05) is 0 Å². The Hall–Kier alpha value is -2.25. The lowest BCUT2D eigenvalue weighted by Crippen LogP contribution is -2.15. The lowest BCUT2D eigenvalue weighted by atomic mass is 10.1. The minimum absolute atomic E-state index is 0.196. The molecule has 0 saturated heterocycles. The van der Waals surface area contributed by atoms with Crippen molar-refractivity contribution in [3.63, 3.8) is 0 Å². The van der Waals surface area contributed by atoms with Gasteiger partial charge in [-0.2, -0.15) is 0 Å². The summed E-state index contributed by atoms with van der Waals surface area (Å²) in [4.78, 5) is 22.6. The van der Waals surface area contributed by atoms with Gasteiger partial charge in [-0.25, -0.2) is 0 Å². The molecule has 0 heterocycles. The van der Waals surface area contributed by atoms with E-state index in [4.69, 9.17) is 0 Å². The Balaban J connectivity index is 2.39. The smallest absolute Gasteiger partial charge is 0.231 e. The number of nitrogens with one attached hydrogen (secondary N) is 2. The van der Waals surface area contributed by atoms with E-state index in [1.54, 1.807) is 36.4 Å². The summed E-state index contributed by atoms with van der Waals surface area (Å²) in [5.41, 5.74) is 0.947. The summed E-state index contributed by atoms with van der Waals surface area (Å²) in [5, 5.41) is 4.00. The van der Waals surface area contributed by atoms with Crippen LogP contribution in [0, 0.1) is 0 Å². The molecule has 2 N–H and O–H groups in total. The molecule has 0 aromatic heterocycles. The van der Waals surface area contributed by atoms with Gasteiger partial charge in [0.05, 0.1) is 12.1 Å². The summed E-state index contributed by atoms with van der Waals surface area (Å²) in [7, 11) is 0. The summed E-state index contributed by atoms with van der Waals surface area (Å²) < 4.78 is 23.9. The first kappa shape index (κ1) is 15.1. The van der Waals surface area contributed by atoms with Gasteiger partial charge in [0.1, 0.15) is 5.78 Å². The average molecular weight is 305 g/mol. The van der Waals surface area contributed by atoms with Gasteiger partial charge in [-0.1, -0.05) is 24.3 Å². The average Bonchev–Trinajstić information content (AvgIpc) is 2.38. The van der Waals surface area contributed by atoms with Gasteiger partial charge < -0.3 is 14.6 Å². The molecule has 21 heavy (non-hydrogen) atoms. The number of benzene rings is 2. The Labute approximate surface area is 124 Å². The van der Waals surface area contributed by atoms with Gasteiger partial charge in [-0.15, -0.1) is 0 Å². The Kier molecular flexibility index (Phi) is 4.66. The molecule has 2 aromatic carbocycles. The quantitative estimate of drug-likeness (QED) is 0.651. The van der Waals surface area contributed by atoms with Crippen LogP contribution in [-0.2, 0) is 20.9 Å². The maximum atomic E-state index is 11.7. The number of carbonyl (C=O) groups is 2. The van der Waals surface area contributed by atoms with E-state index in [-0.39, 0.29) is 12.2 Å². The van der Waals surface area contributed by atoms with Crippen LogP contribution in [0.25, 0.3) is 10.8 Å². The van der Waals surface area contributed by atoms with E-state index < -0.39 is 17.2 Å². The fourth-order valence-corrected chi connectivity index (χ4v) is 2.38. The van der Waals surface area contributed by atoms with Crippen molar-refractivity contribution in [2.45, 2.75) is 13.3 Å². The Bertz CT molecular complexity index is 730. The molecular formula is C14H13N2O4S-. The van der Waals surface area contributed by atoms with Crippen LogP contribution >= 0.6 is 0 Å². The maximum absolute atomic E-state index is 11.7. The van der Waals surface area contributed by atoms with Gasteiger partial charge in [-0.05, 0) is 19.1 Å². The largest absolute Gasteiger partial charge is 0.755 e. The highest BCUT2D eigenvalue weighted by molar-refractivity contribution is 7.80. The molecule has 110 valence electrons. The predicted octanol–water partition coefficient (Wildman–Crippen LogP) is 1.96. The van der Waals surface area contributed by atoms with Crippen molar-refractivity contribution in [2.75, 3.05) is 10.0 Å². The summed E-state index contributed by atoms with van der Waals surface area (Å²) in [5.74, 6) is -0.627. The number of fused-ring (bicyclic) bond motifs is 1. The first-order valence-electron chi connectivity index (χ1n) is 6.14. The van der Waals surface area contributed by atoms with E-state index in [9.17, 15) is 18.4 Å². The second-order valence-corrected chi connectivity index (χ2v) is 5.14. The molecule has 6 nitrogen and oxygen atoms in total. The summed E-state index contributed by atoms with van der Waals surface area (Å²) in [6, 6.07) is 10.2. The zero-order valence-corrected chi connectivity index (χ0v) is 12.0. The normalized spacial score (nSPS) is 11.9. The van der Waals surface area contributed by atoms with E-state index in [2.05, 4.69) is 10.0 Å². The highest BCUT2D eigenvalue weighted by atomic mass is 32.2. The fourth-order valence-electron chi connectivity index (χ4n) is 2.02. The molecule has 7 heteroatoms. The molecule has 0 fully saturated rings. The fraction of sp³-hybridized carbons (Fsp3) is 0.143. The molecule has 0 spiro atoms. The van der Waals surface area contributed by atoms with Crippen LogP contribution in [-0.4, -0.2) is 20.5 Å². The van der Waals surface area contributed by atoms with E-state index in [0.29, 0.717) is 22.1 Å². The Morgan fingerprint density at radius 1 is 1.10 bits per heavy atom. The van der Waals surface area contributed by atoms with Crippen LogP contribution in [0.5, 0.6) is 0 Å². The van der Waals surface area contributed by atoms with Gasteiger partial charge >= 0.3 is 0 Å². The molecule has 0 saturated carbocycles. The third kappa shape index (κ3) is 3.87. The van der Waals surface area contributed by atoms with Gasteiger partial charge in [0.25, 0.3) is 0 Å². The standard InChI is InChI=1S/C14H14N2O4S/c1-9(17)8-14(18)15-12-6-2-5-11-10(12)4-3-7-13(11)16-21(19)20/h2-7,16H,8H2,1H3,(H,15,18)(H,19,20)/p-1. The maximum Gasteiger partial charge on any atom is 0.231 e. The first-order chi connectivity index (χ1) is 9.97.